The van der Waals surface area contributed by atoms with Crippen molar-refractivity contribution in [2.24, 2.45) is 10.8 Å². The van der Waals surface area contributed by atoms with Crippen molar-refractivity contribution in [3.63, 3.8) is 0 Å². The normalized spacial score (nSPS) is 13.3. The topological polar surface area (TPSA) is 58.9 Å². The van der Waals surface area contributed by atoms with Crippen LogP contribution in [-0.2, 0) is 10.8 Å². The van der Waals surface area contributed by atoms with E-state index in [1.54, 1.807) is 12.1 Å². The Kier molecular flexibility index (Phi) is 14.4. The zero-order chi connectivity index (χ0) is 56.3. The van der Waals surface area contributed by atoms with Crippen LogP contribution in [0.25, 0.3) is 87.6 Å². The molecule has 0 amide bonds. The smallest absolute Gasteiger partial charge is 0.135 e. The summed E-state index contributed by atoms with van der Waals surface area (Å²) in [6.07, 6.45) is 0.813. The first-order valence-electron chi connectivity index (χ1n) is 27.9. The fourth-order valence-electron chi connectivity index (χ4n) is 13.2. The van der Waals surface area contributed by atoms with E-state index in [0.717, 1.165) is 78.2 Å². The van der Waals surface area contributed by atoms with Gasteiger partial charge in [0.1, 0.15) is 34.6 Å². The molecule has 0 aliphatic carbocycles. The van der Waals surface area contributed by atoms with Gasteiger partial charge < -0.3 is 19.7 Å². The molecule has 0 unspecified atom stereocenters. The zero-order valence-corrected chi connectivity index (χ0v) is 47.9. The maximum atomic E-state index is 15.6. The highest BCUT2D eigenvalue weighted by molar-refractivity contribution is 6.16. The molecule has 0 radical (unpaired) electrons. The first-order valence-corrected chi connectivity index (χ1v) is 27.9. The van der Waals surface area contributed by atoms with E-state index in [4.69, 9.17) is 9.47 Å². The second kappa shape index (κ2) is 20.8. The lowest BCUT2D eigenvalue weighted by molar-refractivity contribution is 0.126. The monoisotopic (exact) mass is 1050 g/mol. The summed E-state index contributed by atoms with van der Waals surface area (Å²) >= 11 is 0. The SMILES string of the molecule is C[C@H](C[C@H](C)Oc1c(C(C)(C)CC(C)(C)C)cc(-c2c3ccccc3cc3ccccc23)c(O)c1-c1cccc(F)c1)Oc1c(C(C)(C)CC(C)(C)C)cc(-c2c3ccccc3cc3ccccc23)c(O)c1-c1cccc(F)c1. The number of phenols is 2. The minimum Gasteiger partial charge on any atom is -0.507 e. The van der Waals surface area contributed by atoms with Crippen molar-refractivity contribution in [3.8, 4) is 67.5 Å². The lowest BCUT2D eigenvalue weighted by atomic mass is 9.70. The number of hydrogen-bond donors (Lipinski definition) is 2. The number of ether oxygens (including phenoxy) is 2. The first kappa shape index (κ1) is 54.6. The van der Waals surface area contributed by atoms with Crippen molar-refractivity contribution in [2.75, 3.05) is 0 Å². The highest BCUT2D eigenvalue weighted by atomic mass is 19.1. The van der Waals surface area contributed by atoms with Gasteiger partial charge in [0.05, 0.1) is 23.3 Å². The molecule has 0 aliphatic heterocycles. The Morgan fingerprint density at radius 1 is 0.392 bits per heavy atom. The lowest BCUT2D eigenvalue weighted by Gasteiger charge is -2.37. The van der Waals surface area contributed by atoms with Gasteiger partial charge in [0.25, 0.3) is 0 Å². The van der Waals surface area contributed by atoms with Gasteiger partial charge in [-0.1, -0.05) is 191 Å². The number of aromatic hydroxyl groups is 2. The predicted octanol–water partition coefficient (Wildman–Crippen LogP) is 20.7. The average molecular weight is 1050 g/mol. The van der Waals surface area contributed by atoms with E-state index >= 15 is 8.78 Å². The molecule has 0 fully saturated rings. The third kappa shape index (κ3) is 11.0. The average Bonchev–Trinajstić information content (AvgIpc) is 3.18. The van der Waals surface area contributed by atoms with Gasteiger partial charge in [0, 0.05) is 39.8 Å². The second-order valence-electron chi connectivity index (χ2n) is 25.8. The summed E-state index contributed by atoms with van der Waals surface area (Å²) in [6.45, 7) is 26.3. The highest BCUT2D eigenvalue weighted by Crippen LogP contribution is 2.56. The molecule has 0 saturated carbocycles. The molecule has 4 nitrogen and oxygen atoms in total. The van der Waals surface area contributed by atoms with Crippen molar-refractivity contribution in [1.82, 2.24) is 0 Å². The zero-order valence-electron chi connectivity index (χ0n) is 47.9. The number of rotatable bonds is 14. The van der Waals surface area contributed by atoms with Gasteiger partial charge in [-0.05, 0) is 151 Å². The minimum absolute atomic E-state index is 0.00564. The summed E-state index contributed by atoms with van der Waals surface area (Å²) in [4.78, 5) is 0. The van der Waals surface area contributed by atoms with Crippen LogP contribution in [0.5, 0.6) is 23.0 Å². The molecule has 0 spiro atoms. The van der Waals surface area contributed by atoms with Crippen molar-refractivity contribution in [2.45, 2.75) is 125 Å². The molecule has 2 atom stereocenters. The summed E-state index contributed by atoms with van der Waals surface area (Å²) in [5.74, 6) is 0.0697. The van der Waals surface area contributed by atoms with Crippen LogP contribution < -0.4 is 9.47 Å². The van der Waals surface area contributed by atoms with Gasteiger partial charge in [-0.2, -0.15) is 0 Å². The fourth-order valence-corrected chi connectivity index (χ4v) is 13.2. The highest BCUT2D eigenvalue weighted by Gasteiger charge is 2.38. The van der Waals surface area contributed by atoms with Crippen molar-refractivity contribution in [3.05, 3.63) is 193 Å². The summed E-state index contributed by atoms with van der Waals surface area (Å²) in [5, 5.41) is 34.3. The predicted molar refractivity (Wildman–Crippen MR) is 327 cm³/mol. The number of hydrogen-bond acceptors (Lipinski definition) is 4. The Morgan fingerprint density at radius 3 is 1.01 bits per heavy atom. The first-order chi connectivity index (χ1) is 37.4. The van der Waals surface area contributed by atoms with E-state index in [-0.39, 0.29) is 22.3 Å². The van der Waals surface area contributed by atoms with Crippen molar-refractivity contribution < 1.29 is 28.5 Å². The molecule has 0 saturated heterocycles. The Bertz CT molecular complexity index is 3580. The van der Waals surface area contributed by atoms with E-state index < -0.39 is 34.7 Å². The molecule has 0 aromatic heterocycles. The van der Waals surface area contributed by atoms with Gasteiger partial charge in [-0.25, -0.2) is 8.78 Å². The largest absolute Gasteiger partial charge is 0.507 e. The lowest BCUT2D eigenvalue weighted by Crippen LogP contribution is -2.29. The maximum absolute atomic E-state index is 15.6. The number of phenolic OH excluding ortho intramolecular Hbond substituents is 2. The molecule has 10 rings (SSSR count). The molecule has 0 heterocycles. The number of halogens is 2. The second-order valence-corrected chi connectivity index (χ2v) is 25.8. The van der Waals surface area contributed by atoms with Crippen LogP contribution in [0.3, 0.4) is 0 Å². The molecule has 0 aliphatic rings. The van der Waals surface area contributed by atoms with E-state index in [9.17, 15) is 10.2 Å². The Labute approximate surface area is 465 Å². The molecular formula is C73H74F2O4. The van der Waals surface area contributed by atoms with Gasteiger partial charge in [-0.15, -0.1) is 0 Å². The molecule has 10 aromatic carbocycles. The van der Waals surface area contributed by atoms with E-state index in [0.29, 0.717) is 51.3 Å². The summed E-state index contributed by atoms with van der Waals surface area (Å²) in [5.41, 5.74) is 5.33. The minimum atomic E-state index is -0.534. The third-order valence-corrected chi connectivity index (χ3v) is 15.5. The van der Waals surface area contributed by atoms with Crippen molar-refractivity contribution in [1.29, 1.82) is 0 Å². The number of fused-ring (bicyclic) bond motifs is 4. The van der Waals surface area contributed by atoms with Gasteiger partial charge in [-0.3, -0.25) is 0 Å². The summed E-state index contributed by atoms with van der Waals surface area (Å²) < 4.78 is 46.0. The Hall–Kier alpha value is -7.70. The molecule has 404 valence electrons. The van der Waals surface area contributed by atoms with Crippen LogP contribution in [0.2, 0.25) is 0 Å². The van der Waals surface area contributed by atoms with E-state index in [1.165, 1.54) is 24.3 Å². The van der Waals surface area contributed by atoms with Gasteiger partial charge in [0.2, 0.25) is 0 Å². The van der Waals surface area contributed by atoms with Crippen LogP contribution in [0, 0.1) is 22.5 Å². The molecule has 2 N–H and O–H groups in total. The van der Waals surface area contributed by atoms with Gasteiger partial charge in [0.15, 0.2) is 0 Å². The van der Waals surface area contributed by atoms with Gasteiger partial charge >= 0.3 is 0 Å². The quantitative estimate of drug-likeness (QED) is 0.107. The summed E-state index contributed by atoms with van der Waals surface area (Å²) in [7, 11) is 0. The molecular weight excluding hydrogens is 979 g/mol. The van der Waals surface area contributed by atoms with Crippen LogP contribution >= 0.6 is 0 Å². The molecule has 10 aromatic rings. The van der Waals surface area contributed by atoms with E-state index in [1.807, 2.05) is 74.5 Å². The van der Waals surface area contributed by atoms with E-state index in [2.05, 4.69) is 142 Å². The Balaban J connectivity index is 1.15. The molecule has 6 heteroatoms. The van der Waals surface area contributed by atoms with Crippen LogP contribution in [0.1, 0.15) is 113 Å². The van der Waals surface area contributed by atoms with Crippen LogP contribution in [-0.4, -0.2) is 22.4 Å². The van der Waals surface area contributed by atoms with Crippen LogP contribution in [0.15, 0.2) is 170 Å². The fraction of sp³-hybridized carbons (Fsp3) is 0.288. The molecule has 79 heavy (non-hydrogen) atoms. The standard InChI is InChI=1S/C73H74F2O4/c1-44(78-68-60(72(9,10)42-70(3,4)5)40-58(66(76)62(68)50-27-21-29-52(74)38-50)64-54-31-17-13-23-46(54)36-47-24-14-18-32-55(47)64)35-45(2)79-69-61(73(11,12)43-71(6,7)8)41-59(67(77)63(69)51-28-22-30-53(75)39-51)65-56-33-19-15-25-48(56)37-49-26-16-20-34-57(49)65/h13-34,36-41,44-45,76-77H,35,42-43H2,1-12H3/t44-,45+. The molecule has 0 bridgehead atoms. The Morgan fingerprint density at radius 2 is 0.709 bits per heavy atom. The third-order valence-electron chi connectivity index (χ3n) is 15.5. The van der Waals surface area contributed by atoms with Crippen LogP contribution in [0.4, 0.5) is 8.78 Å². The maximum Gasteiger partial charge on any atom is 0.135 e. The summed E-state index contributed by atoms with van der Waals surface area (Å²) in [6, 6.07) is 54.4. The van der Waals surface area contributed by atoms with Crippen molar-refractivity contribution >= 4 is 43.1 Å². The number of benzene rings is 10.